The summed E-state index contributed by atoms with van der Waals surface area (Å²) in [6.45, 7) is 6.23. The summed E-state index contributed by atoms with van der Waals surface area (Å²) in [4.78, 5) is 13.5. The minimum absolute atomic E-state index is 0.0290. The van der Waals surface area contributed by atoms with Crippen molar-refractivity contribution < 1.29 is 14.6 Å². The molecular formula is C16H17BrN2O3S. The SMILES string of the molecule is CCOc1cc(Br)cc(C2NC(=O)c3c(sc(C)c3C)N2)c1O. The van der Waals surface area contributed by atoms with Crippen LogP contribution >= 0.6 is 27.3 Å². The van der Waals surface area contributed by atoms with Gasteiger partial charge < -0.3 is 20.5 Å². The first-order valence-corrected chi connectivity index (χ1v) is 8.86. The molecule has 1 aliphatic rings. The van der Waals surface area contributed by atoms with Crippen molar-refractivity contribution in [2.24, 2.45) is 0 Å². The normalized spacial score (nSPS) is 16.5. The third-order valence-electron chi connectivity index (χ3n) is 3.84. The third-order valence-corrected chi connectivity index (χ3v) is 5.44. The molecule has 2 heterocycles. The van der Waals surface area contributed by atoms with Crippen LogP contribution in [0.1, 0.15) is 39.5 Å². The number of nitrogens with one attached hydrogen (secondary N) is 2. The molecule has 1 aromatic heterocycles. The number of fused-ring (bicyclic) bond motifs is 1. The number of aromatic hydroxyl groups is 1. The van der Waals surface area contributed by atoms with Gasteiger partial charge >= 0.3 is 0 Å². The molecule has 1 aromatic carbocycles. The molecule has 1 amide bonds. The van der Waals surface area contributed by atoms with Crippen molar-refractivity contribution in [3.8, 4) is 11.5 Å². The number of ether oxygens (including phenoxy) is 1. The van der Waals surface area contributed by atoms with Crippen molar-refractivity contribution >= 4 is 38.2 Å². The molecule has 0 fully saturated rings. The predicted octanol–water partition coefficient (Wildman–Crippen LogP) is 4.09. The van der Waals surface area contributed by atoms with Gasteiger partial charge in [0.2, 0.25) is 0 Å². The van der Waals surface area contributed by atoms with Gasteiger partial charge in [-0.15, -0.1) is 11.3 Å². The molecule has 7 heteroatoms. The van der Waals surface area contributed by atoms with Gasteiger partial charge in [0.25, 0.3) is 5.91 Å². The summed E-state index contributed by atoms with van der Waals surface area (Å²) < 4.78 is 6.22. The number of anilines is 1. The van der Waals surface area contributed by atoms with Crippen LogP contribution in [0.5, 0.6) is 11.5 Å². The Morgan fingerprint density at radius 2 is 2.09 bits per heavy atom. The van der Waals surface area contributed by atoms with E-state index in [0.29, 0.717) is 23.5 Å². The number of amides is 1. The van der Waals surface area contributed by atoms with Crippen LogP contribution in [0.25, 0.3) is 0 Å². The van der Waals surface area contributed by atoms with E-state index in [4.69, 9.17) is 4.74 Å². The average Bonchev–Trinajstić information content (AvgIpc) is 2.78. The van der Waals surface area contributed by atoms with Crippen molar-refractivity contribution in [1.82, 2.24) is 5.32 Å². The number of halogens is 1. The molecule has 0 saturated heterocycles. The predicted molar refractivity (Wildman–Crippen MR) is 94.6 cm³/mol. The molecule has 1 unspecified atom stereocenters. The number of rotatable bonds is 3. The summed E-state index contributed by atoms with van der Waals surface area (Å²) in [6, 6.07) is 3.48. The molecule has 0 aliphatic carbocycles. The van der Waals surface area contributed by atoms with Gasteiger partial charge in [-0.05, 0) is 38.5 Å². The number of hydrogen-bond acceptors (Lipinski definition) is 5. The van der Waals surface area contributed by atoms with E-state index in [0.717, 1.165) is 19.9 Å². The molecule has 0 radical (unpaired) electrons. The van der Waals surface area contributed by atoms with Crippen molar-refractivity contribution in [3.05, 3.63) is 38.2 Å². The van der Waals surface area contributed by atoms with Gasteiger partial charge in [-0.2, -0.15) is 0 Å². The largest absolute Gasteiger partial charge is 0.504 e. The van der Waals surface area contributed by atoms with E-state index in [1.807, 2.05) is 20.8 Å². The number of aryl methyl sites for hydroxylation is 1. The standard InChI is InChI=1S/C16H17BrN2O3S/c1-4-22-11-6-9(17)5-10(13(11)20)14-18-15(21)12-7(2)8(3)23-16(12)19-14/h5-6,14,19-20H,4H2,1-3H3,(H,18,21). The molecule has 0 saturated carbocycles. The fourth-order valence-electron chi connectivity index (χ4n) is 2.61. The Balaban J connectivity index is 2.02. The van der Waals surface area contributed by atoms with E-state index in [1.54, 1.807) is 23.5 Å². The van der Waals surface area contributed by atoms with Crippen LogP contribution < -0.4 is 15.4 Å². The number of phenols is 1. The second-order valence-electron chi connectivity index (χ2n) is 5.31. The summed E-state index contributed by atoms with van der Waals surface area (Å²) >= 11 is 4.96. The lowest BCUT2D eigenvalue weighted by Crippen LogP contribution is -2.38. The van der Waals surface area contributed by atoms with E-state index in [-0.39, 0.29) is 11.7 Å². The maximum absolute atomic E-state index is 12.4. The zero-order valence-electron chi connectivity index (χ0n) is 13.0. The smallest absolute Gasteiger partial charge is 0.256 e. The number of benzene rings is 1. The molecular weight excluding hydrogens is 380 g/mol. The Hall–Kier alpha value is -1.73. The highest BCUT2D eigenvalue weighted by atomic mass is 79.9. The maximum Gasteiger partial charge on any atom is 0.256 e. The summed E-state index contributed by atoms with van der Waals surface area (Å²) in [7, 11) is 0. The monoisotopic (exact) mass is 396 g/mol. The molecule has 23 heavy (non-hydrogen) atoms. The summed E-state index contributed by atoms with van der Waals surface area (Å²) in [5, 5.41) is 17.5. The van der Waals surface area contributed by atoms with Crippen molar-refractivity contribution in [2.75, 3.05) is 11.9 Å². The lowest BCUT2D eigenvalue weighted by Gasteiger charge is -2.27. The van der Waals surface area contributed by atoms with Gasteiger partial charge in [0.05, 0.1) is 12.2 Å². The number of carbonyl (C=O) groups excluding carboxylic acids is 1. The highest BCUT2D eigenvalue weighted by Crippen LogP contribution is 2.42. The second kappa shape index (κ2) is 6.05. The summed E-state index contributed by atoms with van der Waals surface area (Å²) in [5.74, 6) is 0.279. The minimum Gasteiger partial charge on any atom is -0.504 e. The number of hydrogen-bond donors (Lipinski definition) is 3. The van der Waals surface area contributed by atoms with Gasteiger partial charge in [0.15, 0.2) is 11.5 Å². The maximum atomic E-state index is 12.4. The Labute approximate surface area is 146 Å². The minimum atomic E-state index is -0.510. The summed E-state index contributed by atoms with van der Waals surface area (Å²) in [6.07, 6.45) is -0.510. The van der Waals surface area contributed by atoms with Crippen LogP contribution in [-0.2, 0) is 0 Å². The van der Waals surface area contributed by atoms with E-state index in [1.165, 1.54) is 0 Å². The number of phenolic OH excluding ortho intramolecular Hbond substituents is 1. The topological polar surface area (TPSA) is 70.6 Å². The fraction of sp³-hybridized carbons (Fsp3) is 0.312. The quantitative estimate of drug-likeness (QED) is 0.730. The first kappa shape index (κ1) is 16.1. The highest BCUT2D eigenvalue weighted by molar-refractivity contribution is 9.10. The van der Waals surface area contributed by atoms with Crippen molar-refractivity contribution in [1.29, 1.82) is 0 Å². The lowest BCUT2D eigenvalue weighted by atomic mass is 10.1. The van der Waals surface area contributed by atoms with Crippen LogP contribution in [0, 0.1) is 13.8 Å². The van der Waals surface area contributed by atoms with Crippen molar-refractivity contribution in [2.45, 2.75) is 26.9 Å². The molecule has 3 N–H and O–H groups in total. The fourth-order valence-corrected chi connectivity index (χ4v) is 4.15. The van der Waals surface area contributed by atoms with Crippen LogP contribution in [0.3, 0.4) is 0 Å². The molecule has 0 bridgehead atoms. The number of thiophene rings is 1. The van der Waals surface area contributed by atoms with E-state index in [9.17, 15) is 9.90 Å². The van der Waals surface area contributed by atoms with Crippen molar-refractivity contribution in [3.63, 3.8) is 0 Å². The molecule has 1 atom stereocenters. The van der Waals surface area contributed by atoms with E-state index >= 15 is 0 Å². The number of carbonyl (C=O) groups is 1. The Kier molecular flexibility index (Phi) is 4.25. The van der Waals surface area contributed by atoms with Gasteiger partial charge in [-0.25, -0.2) is 0 Å². The molecule has 1 aliphatic heterocycles. The highest BCUT2D eigenvalue weighted by Gasteiger charge is 2.31. The van der Waals surface area contributed by atoms with Crippen LogP contribution in [-0.4, -0.2) is 17.6 Å². The molecule has 0 spiro atoms. The summed E-state index contributed by atoms with van der Waals surface area (Å²) in [5.41, 5.74) is 2.23. The Bertz CT molecular complexity index is 788. The first-order valence-electron chi connectivity index (χ1n) is 7.25. The van der Waals surface area contributed by atoms with Gasteiger partial charge in [0.1, 0.15) is 11.2 Å². The zero-order chi connectivity index (χ0) is 16.7. The third kappa shape index (κ3) is 2.79. The molecule has 2 aromatic rings. The second-order valence-corrected chi connectivity index (χ2v) is 7.45. The lowest BCUT2D eigenvalue weighted by molar-refractivity contribution is 0.0935. The van der Waals surface area contributed by atoms with Crippen LogP contribution in [0.2, 0.25) is 0 Å². The van der Waals surface area contributed by atoms with Crippen LogP contribution in [0.4, 0.5) is 5.00 Å². The Morgan fingerprint density at radius 3 is 2.78 bits per heavy atom. The van der Waals surface area contributed by atoms with Crippen LogP contribution in [0.15, 0.2) is 16.6 Å². The Morgan fingerprint density at radius 1 is 1.35 bits per heavy atom. The van der Waals surface area contributed by atoms with Gasteiger partial charge in [-0.1, -0.05) is 15.9 Å². The average molecular weight is 397 g/mol. The first-order chi connectivity index (χ1) is 10.9. The van der Waals surface area contributed by atoms with Gasteiger partial charge in [0, 0.05) is 14.9 Å². The zero-order valence-corrected chi connectivity index (χ0v) is 15.4. The molecule has 5 nitrogen and oxygen atoms in total. The van der Waals surface area contributed by atoms with Gasteiger partial charge in [-0.3, -0.25) is 4.79 Å². The molecule has 3 rings (SSSR count). The van der Waals surface area contributed by atoms with E-state index < -0.39 is 6.17 Å². The van der Waals surface area contributed by atoms with E-state index in [2.05, 4.69) is 26.6 Å². The molecule has 122 valence electrons.